The van der Waals surface area contributed by atoms with Gasteiger partial charge < -0.3 is 10.2 Å². The Balaban J connectivity index is 2.00. The molecular formula is C13H16N2O2. The Labute approximate surface area is 101 Å². The maximum absolute atomic E-state index is 9.45. The summed E-state index contributed by atoms with van der Waals surface area (Å²) in [5.74, 6) is -0.214. The number of aliphatic hydroxyl groups excluding tert-OH is 2. The van der Waals surface area contributed by atoms with Crippen molar-refractivity contribution in [1.82, 2.24) is 4.90 Å². The maximum atomic E-state index is 9.45. The first-order chi connectivity index (χ1) is 8.20. The van der Waals surface area contributed by atoms with E-state index < -0.39 is 12.2 Å². The molecule has 90 valence electrons. The number of hydrogen-bond acceptors (Lipinski definition) is 4. The van der Waals surface area contributed by atoms with Gasteiger partial charge in [0.2, 0.25) is 0 Å². The van der Waals surface area contributed by atoms with E-state index in [9.17, 15) is 10.2 Å². The Bertz CT molecular complexity index is 392. The molecule has 0 amide bonds. The monoisotopic (exact) mass is 232 g/mol. The lowest BCUT2D eigenvalue weighted by Crippen LogP contribution is -2.27. The van der Waals surface area contributed by atoms with Crippen LogP contribution in [0.1, 0.15) is 11.5 Å². The van der Waals surface area contributed by atoms with Gasteiger partial charge in [0.1, 0.15) is 0 Å². The minimum Gasteiger partial charge on any atom is -0.389 e. The number of hydrogen-bond donors (Lipinski definition) is 2. The summed E-state index contributed by atoms with van der Waals surface area (Å²) in [6.07, 6.45) is -1.38. The zero-order valence-electron chi connectivity index (χ0n) is 9.53. The molecule has 3 unspecified atom stereocenters. The number of nitriles is 1. The van der Waals surface area contributed by atoms with E-state index in [2.05, 4.69) is 6.07 Å². The molecule has 0 radical (unpaired) electrons. The summed E-state index contributed by atoms with van der Waals surface area (Å²) in [6.45, 7) is 1.42. The molecule has 1 aromatic carbocycles. The molecule has 1 heterocycles. The zero-order chi connectivity index (χ0) is 12.3. The second kappa shape index (κ2) is 5.28. The Morgan fingerprint density at radius 1 is 1.24 bits per heavy atom. The van der Waals surface area contributed by atoms with Crippen molar-refractivity contribution < 1.29 is 10.2 Å². The van der Waals surface area contributed by atoms with Crippen LogP contribution in [0.3, 0.4) is 0 Å². The van der Waals surface area contributed by atoms with Crippen molar-refractivity contribution in [1.29, 1.82) is 5.26 Å². The van der Waals surface area contributed by atoms with E-state index in [4.69, 9.17) is 5.26 Å². The van der Waals surface area contributed by atoms with E-state index in [0.717, 1.165) is 5.56 Å². The van der Waals surface area contributed by atoms with Crippen molar-refractivity contribution in [3.8, 4) is 6.07 Å². The highest BCUT2D eigenvalue weighted by Gasteiger charge is 2.30. The molecule has 4 heteroatoms. The number of β-amino-alcohol motifs (C(OH)–C–C–N with tert-alkyl or cyclic N) is 2. The van der Waals surface area contributed by atoms with Crippen LogP contribution in [0.2, 0.25) is 0 Å². The van der Waals surface area contributed by atoms with Crippen LogP contribution in [0.4, 0.5) is 0 Å². The van der Waals surface area contributed by atoms with Crippen molar-refractivity contribution in [2.75, 3.05) is 19.6 Å². The lowest BCUT2D eigenvalue weighted by Gasteiger charge is -2.18. The molecule has 2 N–H and O–H groups in total. The summed E-state index contributed by atoms with van der Waals surface area (Å²) in [7, 11) is 0. The fourth-order valence-electron chi connectivity index (χ4n) is 2.16. The molecule has 1 fully saturated rings. The highest BCUT2D eigenvalue weighted by Crippen LogP contribution is 2.19. The number of likely N-dealkylation sites (tertiary alicyclic amines) is 1. The molecule has 1 aliphatic heterocycles. The molecule has 1 aromatic rings. The van der Waals surface area contributed by atoms with E-state index in [-0.39, 0.29) is 5.92 Å². The maximum Gasteiger partial charge on any atom is 0.0938 e. The van der Waals surface area contributed by atoms with Gasteiger partial charge in [-0.1, -0.05) is 30.3 Å². The molecule has 0 aliphatic carbocycles. The van der Waals surface area contributed by atoms with Crippen LogP contribution in [0.5, 0.6) is 0 Å². The van der Waals surface area contributed by atoms with Gasteiger partial charge in [0.05, 0.1) is 24.2 Å². The number of rotatable bonds is 3. The van der Waals surface area contributed by atoms with E-state index >= 15 is 0 Å². The minimum atomic E-state index is -0.690. The predicted octanol–water partition coefficient (Wildman–Crippen LogP) is 0.331. The molecule has 0 spiro atoms. The second-order valence-corrected chi connectivity index (χ2v) is 4.45. The molecule has 1 aliphatic rings. The third kappa shape index (κ3) is 2.83. The van der Waals surface area contributed by atoms with Crippen molar-refractivity contribution in [2.45, 2.75) is 18.1 Å². The van der Waals surface area contributed by atoms with Crippen LogP contribution in [-0.4, -0.2) is 47.0 Å². The van der Waals surface area contributed by atoms with E-state index in [1.165, 1.54) is 0 Å². The summed E-state index contributed by atoms with van der Waals surface area (Å²) in [5.41, 5.74) is 0.978. The Kier molecular flexibility index (Phi) is 3.75. The molecule has 4 nitrogen and oxygen atoms in total. The van der Waals surface area contributed by atoms with Gasteiger partial charge in [0, 0.05) is 19.6 Å². The van der Waals surface area contributed by atoms with Gasteiger partial charge in [-0.2, -0.15) is 5.26 Å². The Morgan fingerprint density at radius 3 is 2.35 bits per heavy atom. The molecule has 0 saturated carbocycles. The van der Waals surface area contributed by atoms with Crippen molar-refractivity contribution in [3.63, 3.8) is 0 Å². The summed E-state index contributed by atoms with van der Waals surface area (Å²) in [4.78, 5) is 1.93. The van der Waals surface area contributed by atoms with Crippen LogP contribution in [0.15, 0.2) is 30.3 Å². The van der Waals surface area contributed by atoms with Gasteiger partial charge in [-0.15, -0.1) is 0 Å². The summed E-state index contributed by atoms with van der Waals surface area (Å²) < 4.78 is 0. The lowest BCUT2D eigenvalue weighted by molar-refractivity contribution is 0.0572. The van der Waals surface area contributed by atoms with Crippen LogP contribution in [0.25, 0.3) is 0 Å². The summed E-state index contributed by atoms with van der Waals surface area (Å²) >= 11 is 0. The first-order valence-electron chi connectivity index (χ1n) is 5.73. The predicted molar refractivity (Wildman–Crippen MR) is 63.2 cm³/mol. The number of benzene rings is 1. The zero-order valence-corrected chi connectivity index (χ0v) is 9.53. The number of nitrogens with zero attached hydrogens (tertiary/aromatic N) is 2. The van der Waals surface area contributed by atoms with Crippen molar-refractivity contribution in [2.24, 2.45) is 0 Å². The fourth-order valence-corrected chi connectivity index (χ4v) is 2.16. The Morgan fingerprint density at radius 2 is 1.82 bits per heavy atom. The van der Waals surface area contributed by atoms with Crippen LogP contribution in [-0.2, 0) is 0 Å². The SMILES string of the molecule is N#CC(CN1CC(O)C(O)C1)c1ccccc1. The standard InChI is InChI=1S/C13H16N2O2/c14-6-11(10-4-2-1-3-5-10)7-15-8-12(16)13(17)9-15/h1-5,11-13,16-17H,7-9H2. The summed E-state index contributed by atoms with van der Waals surface area (Å²) in [6, 6.07) is 11.9. The van der Waals surface area contributed by atoms with Crippen molar-refractivity contribution >= 4 is 0 Å². The van der Waals surface area contributed by atoms with Crippen LogP contribution >= 0.6 is 0 Å². The normalized spacial score (nSPS) is 26.6. The van der Waals surface area contributed by atoms with Crippen LogP contribution < -0.4 is 0 Å². The molecule has 3 atom stereocenters. The van der Waals surface area contributed by atoms with E-state index in [0.29, 0.717) is 19.6 Å². The van der Waals surface area contributed by atoms with Gasteiger partial charge in [-0.05, 0) is 5.56 Å². The quantitative estimate of drug-likeness (QED) is 0.788. The first kappa shape index (κ1) is 12.1. The second-order valence-electron chi connectivity index (χ2n) is 4.45. The van der Waals surface area contributed by atoms with E-state index in [1.54, 1.807) is 0 Å². The molecule has 1 saturated heterocycles. The minimum absolute atomic E-state index is 0.214. The highest BCUT2D eigenvalue weighted by atomic mass is 16.3. The van der Waals surface area contributed by atoms with Gasteiger partial charge in [-0.3, -0.25) is 4.90 Å². The number of aliphatic hydroxyl groups is 2. The molecule has 0 bridgehead atoms. The summed E-state index contributed by atoms with van der Waals surface area (Å²) in [5, 5.41) is 28.1. The molecular weight excluding hydrogens is 216 g/mol. The van der Waals surface area contributed by atoms with E-state index in [1.807, 2.05) is 35.2 Å². The topological polar surface area (TPSA) is 67.5 Å². The molecule has 0 aromatic heterocycles. The third-order valence-corrected chi connectivity index (χ3v) is 3.13. The third-order valence-electron chi connectivity index (χ3n) is 3.13. The lowest BCUT2D eigenvalue weighted by atomic mass is 10.0. The largest absolute Gasteiger partial charge is 0.389 e. The highest BCUT2D eigenvalue weighted by molar-refractivity contribution is 5.25. The molecule has 17 heavy (non-hydrogen) atoms. The van der Waals surface area contributed by atoms with Crippen molar-refractivity contribution in [3.05, 3.63) is 35.9 Å². The van der Waals surface area contributed by atoms with Gasteiger partial charge >= 0.3 is 0 Å². The average Bonchev–Trinajstić information content (AvgIpc) is 2.67. The molecule has 2 rings (SSSR count). The smallest absolute Gasteiger partial charge is 0.0938 e. The fraction of sp³-hybridized carbons (Fsp3) is 0.462. The van der Waals surface area contributed by atoms with Gasteiger partial charge in [-0.25, -0.2) is 0 Å². The van der Waals surface area contributed by atoms with Crippen LogP contribution in [0, 0.1) is 11.3 Å². The average molecular weight is 232 g/mol. The van der Waals surface area contributed by atoms with Gasteiger partial charge in [0.15, 0.2) is 0 Å². The first-order valence-corrected chi connectivity index (χ1v) is 5.73. The Hall–Kier alpha value is -1.41. The van der Waals surface area contributed by atoms with Gasteiger partial charge in [0.25, 0.3) is 0 Å².